The Hall–Kier alpha value is -0.0800. The van der Waals surface area contributed by atoms with Gasteiger partial charge in [0.2, 0.25) is 0 Å². The molecule has 0 heterocycles. The summed E-state index contributed by atoms with van der Waals surface area (Å²) >= 11 is 0. The van der Waals surface area contributed by atoms with E-state index in [-0.39, 0.29) is 12.2 Å². The molecule has 0 aromatic carbocycles. The molecule has 0 saturated heterocycles. The molecule has 0 aliphatic heterocycles. The molecule has 26 heavy (non-hydrogen) atoms. The van der Waals surface area contributed by atoms with Crippen LogP contribution in [-0.2, 0) is 0 Å². The molecule has 2 aliphatic rings. The predicted octanol–water partition coefficient (Wildman–Crippen LogP) is 6.44. The maximum atomic E-state index is 9.85. The molecule has 0 bridgehead atoms. The third kappa shape index (κ3) is 8.74. The topological polar surface area (TPSA) is 40.5 Å². The van der Waals surface area contributed by atoms with E-state index >= 15 is 0 Å². The lowest BCUT2D eigenvalue weighted by Crippen LogP contribution is -2.29. The van der Waals surface area contributed by atoms with Crippen LogP contribution in [-0.4, -0.2) is 22.4 Å². The fourth-order valence-electron chi connectivity index (χ4n) is 5.32. The average molecular weight is 369 g/mol. The number of hydrogen-bond donors (Lipinski definition) is 2. The van der Waals surface area contributed by atoms with Crippen LogP contribution >= 0.6 is 0 Å². The summed E-state index contributed by atoms with van der Waals surface area (Å²) in [5, 5.41) is 19.6. The first-order valence-corrected chi connectivity index (χ1v) is 11.6. The molecule has 0 aromatic heterocycles. The predicted molar refractivity (Wildman–Crippen MR) is 113 cm³/mol. The summed E-state index contributed by atoms with van der Waals surface area (Å²) in [6.45, 7) is 13.5. The van der Waals surface area contributed by atoms with Gasteiger partial charge in [0.15, 0.2) is 0 Å². The molecule has 0 spiro atoms. The summed E-state index contributed by atoms with van der Waals surface area (Å²) in [5.74, 6) is 4.44. The lowest BCUT2D eigenvalue weighted by atomic mass is 9.75. The Morgan fingerprint density at radius 2 is 1.15 bits per heavy atom. The number of aliphatic hydroxyl groups is 2. The van der Waals surface area contributed by atoms with Gasteiger partial charge in [-0.1, -0.05) is 54.4 Å². The minimum absolute atomic E-state index is 0.00610. The zero-order valence-electron chi connectivity index (χ0n) is 18.6. The van der Waals surface area contributed by atoms with E-state index in [2.05, 4.69) is 41.5 Å². The van der Waals surface area contributed by atoms with Crippen molar-refractivity contribution in [3.8, 4) is 0 Å². The van der Waals surface area contributed by atoms with Crippen LogP contribution in [0.3, 0.4) is 0 Å². The maximum absolute atomic E-state index is 9.85. The van der Waals surface area contributed by atoms with Gasteiger partial charge in [-0.3, -0.25) is 0 Å². The molecule has 2 N–H and O–H groups in total. The van der Waals surface area contributed by atoms with Gasteiger partial charge in [-0.05, 0) is 86.9 Å². The summed E-state index contributed by atoms with van der Waals surface area (Å²) in [6, 6.07) is 0. The second-order valence-corrected chi connectivity index (χ2v) is 10.1. The van der Waals surface area contributed by atoms with E-state index in [0.717, 1.165) is 49.4 Å². The minimum atomic E-state index is -0.0116. The van der Waals surface area contributed by atoms with Crippen molar-refractivity contribution in [1.29, 1.82) is 0 Å². The van der Waals surface area contributed by atoms with E-state index in [4.69, 9.17) is 0 Å². The molecule has 2 aliphatic carbocycles. The van der Waals surface area contributed by atoms with Crippen molar-refractivity contribution >= 4 is 0 Å². The summed E-state index contributed by atoms with van der Waals surface area (Å²) in [4.78, 5) is 0. The van der Waals surface area contributed by atoms with Crippen LogP contribution in [0.5, 0.6) is 0 Å². The number of aliphatic hydroxyl groups excluding tert-OH is 2. The van der Waals surface area contributed by atoms with E-state index in [1.807, 2.05) is 0 Å². The van der Waals surface area contributed by atoms with Gasteiger partial charge in [-0.2, -0.15) is 0 Å². The molecule has 6 unspecified atom stereocenters. The van der Waals surface area contributed by atoms with Gasteiger partial charge in [-0.15, -0.1) is 0 Å². The Balaban J connectivity index is 0.000000260. The lowest BCUT2D eigenvalue weighted by molar-refractivity contribution is 0.0380. The highest BCUT2D eigenvalue weighted by molar-refractivity contribution is 4.80. The standard InChI is InChI=1S/2C12H24O/c1-4-11-8-10(7-9(2)3)5-6-12(11)13;1-4-11-6-5-10(7-9(2)3)8-12(11)13/h2*9-13H,4-8H2,1-3H3. The molecule has 0 aromatic rings. The van der Waals surface area contributed by atoms with Gasteiger partial charge in [-0.25, -0.2) is 0 Å². The molecule has 2 fully saturated rings. The first kappa shape index (κ1) is 24.0. The van der Waals surface area contributed by atoms with Gasteiger partial charge < -0.3 is 10.2 Å². The summed E-state index contributed by atoms with van der Waals surface area (Å²) in [7, 11) is 0. The first-order valence-electron chi connectivity index (χ1n) is 11.6. The summed E-state index contributed by atoms with van der Waals surface area (Å²) < 4.78 is 0. The van der Waals surface area contributed by atoms with Crippen LogP contribution in [0.2, 0.25) is 0 Å². The number of hydrogen-bond acceptors (Lipinski definition) is 2. The van der Waals surface area contributed by atoms with Gasteiger partial charge in [0, 0.05) is 0 Å². The molecule has 2 nitrogen and oxygen atoms in total. The maximum Gasteiger partial charge on any atom is 0.0570 e. The molecule has 156 valence electrons. The van der Waals surface area contributed by atoms with Crippen LogP contribution in [0, 0.1) is 35.5 Å². The van der Waals surface area contributed by atoms with Crippen LogP contribution in [0.25, 0.3) is 0 Å². The van der Waals surface area contributed by atoms with Crippen molar-refractivity contribution in [2.24, 2.45) is 35.5 Å². The monoisotopic (exact) mass is 368 g/mol. The highest BCUT2D eigenvalue weighted by atomic mass is 16.3. The molecule has 0 radical (unpaired) electrons. The zero-order valence-corrected chi connectivity index (χ0v) is 18.6. The Morgan fingerprint density at radius 3 is 1.62 bits per heavy atom. The van der Waals surface area contributed by atoms with Crippen molar-refractivity contribution in [3.63, 3.8) is 0 Å². The molecular weight excluding hydrogens is 320 g/mol. The molecule has 2 saturated carbocycles. The van der Waals surface area contributed by atoms with Gasteiger partial charge >= 0.3 is 0 Å². The Morgan fingerprint density at radius 1 is 0.654 bits per heavy atom. The molecule has 0 amide bonds. The third-order valence-electron chi connectivity index (χ3n) is 6.77. The first-order chi connectivity index (χ1) is 12.3. The largest absolute Gasteiger partial charge is 0.393 e. The van der Waals surface area contributed by atoms with Crippen molar-refractivity contribution in [2.75, 3.05) is 0 Å². The van der Waals surface area contributed by atoms with Crippen LogP contribution in [0.4, 0.5) is 0 Å². The minimum Gasteiger partial charge on any atom is -0.393 e. The second kappa shape index (κ2) is 12.4. The smallest absolute Gasteiger partial charge is 0.0570 e. The molecule has 2 heteroatoms. The Bertz CT molecular complexity index is 352. The highest BCUT2D eigenvalue weighted by Gasteiger charge is 2.28. The fourth-order valence-corrected chi connectivity index (χ4v) is 5.32. The van der Waals surface area contributed by atoms with E-state index in [9.17, 15) is 10.2 Å². The van der Waals surface area contributed by atoms with Crippen molar-refractivity contribution in [3.05, 3.63) is 0 Å². The quantitative estimate of drug-likeness (QED) is 0.566. The van der Waals surface area contributed by atoms with Crippen molar-refractivity contribution in [2.45, 2.75) is 118 Å². The lowest BCUT2D eigenvalue weighted by Gasteiger charge is -2.33. The third-order valence-corrected chi connectivity index (χ3v) is 6.77. The highest BCUT2D eigenvalue weighted by Crippen LogP contribution is 2.35. The Labute approximate surface area is 164 Å². The Kier molecular flexibility index (Phi) is 11.4. The summed E-state index contributed by atoms with van der Waals surface area (Å²) in [6.07, 6.45) is 12.1. The van der Waals surface area contributed by atoms with Gasteiger partial charge in [0.1, 0.15) is 0 Å². The van der Waals surface area contributed by atoms with Crippen LogP contribution in [0.15, 0.2) is 0 Å². The average Bonchev–Trinajstić information content (AvgIpc) is 2.56. The van der Waals surface area contributed by atoms with E-state index in [1.165, 1.54) is 38.5 Å². The normalized spacial score (nSPS) is 35.3. The van der Waals surface area contributed by atoms with Gasteiger partial charge in [0.05, 0.1) is 12.2 Å². The number of rotatable bonds is 6. The van der Waals surface area contributed by atoms with Crippen molar-refractivity contribution in [1.82, 2.24) is 0 Å². The van der Waals surface area contributed by atoms with E-state index in [1.54, 1.807) is 0 Å². The second-order valence-electron chi connectivity index (χ2n) is 10.1. The van der Waals surface area contributed by atoms with Crippen LogP contribution < -0.4 is 0 Å². The molecular formula is C24H48O2. The fraction of sp³-hybridized carbons (Fsp3) is 1.00. The molecule has 2 rings (SSSR count). The van der Waals surface area contributed by atoms with Gasteiger partial charge in [0.25, 0.3) is 0 Å². The van der Waals surface area contributed by atoms with Crippen molar-refractivity contribution < 1.29 is 10.2 Å². The zero-order chi connectivity index (χ0) is 19.7. The van der Waals surface area contributed by atoms with E-state index in [0.29, 0.717) is 11.8 Å². The molecule has 6 atom stereocenters. The van der Waals surface area contributed by atoms with Crippen LogP contribution in [0.1, 0.15) is 106 Å². The summed E-state index contributed by atoms with van der Waals surface area (Å²) in [5.41, 5.74) is 0. The van der Waals surface area contributed by atoms with E-state index < -0.39 is 0 Å². The SMILES string of the molecule is CCC1CC(CC(C)C)CCC1O.CCC1CCC(CC(C)C)CC1O.